The Morgan fingerprint density at radius 1 is 1.26 bits per heavy atom. The largest absolute Gasteiger partial charge is 0.490 e. The van der Waals surface area contributed by atoms with E-state index in [-0.39, 0.29) is 0 Å². The monoisotopic (exact) mass is 266 g/mol. The van der Waals surface area contributed by atoms with Crippen LogP contribution in [0.15, 0.2) is 6.33 Å². The molecule has 7 nitrogen and oxygen atoms in total. The molecule has 1 saturated heterocycles. The summed E-state index contributed by atoms with van der Waals surface area (Å²) in [7, 11) is 1.60. The summed E-state index contributed by atoms with van der Waals surface area (Å²) in [5.41, 5.74) is 2.54. The first-order valence-electron chi connectivity index (χ1n) is 6.52. The Hall–Kier alpha value is -1.60. The first kappa shape index (κ1) is 13.8. The van der Waals surface area contributed by atoms with Crippen LogP contribution in [0.4, 0.5) is 11.6 Å². The molecule has 0 unspecified atom stereocenters. The van der Waals surface area contributed by atoms with E-state index in [4.69, 9.17) is 10.6 Å². The van der Waals surface area contributed by atoms with E-state index >= 15 is 0 Å². The van der Waals surface area contributed by atoms with E-state index in [0.29, 0.717) is 17.6 Å². The van der Waals surface area contributed by atoms with E-state index in [0.717, 1.165) is 32.0 Å². The van der Waals surface area contributed by atoms with Crippen molar-refractivity contribution in [2.75, 3.05) is 43.6 Å². The SMILES string of the molecule is COc1c(NN)ncnc1N1CCN(C(C)C)CC1. The Labute approximate surface area is 113 Å². The maximum atomic E-state index is 5.44. The number of ether oxygens (including phenoxy) is 1. The molecule has 1 fully saturated rings. The van der Waals surface area contributed by atoms with E-state index in [9.17, 15) is 0 Å². The van der Waals surface area contributed by atoms with Crippen molar-refractivity contribution < 1.29 is 4.74 Å². The minimum Gasteiger partial charge on any atom is -0.490 e. The third-order valence-electron chi connectivity index (χ3n) is 3.47. The Kier molecular flexibility index (Phi) is 4.39. The van der Waals surface area contributed by atoms with E-state index in [2.05, 4.69) is 39.0 Å². The second kappa shape index (κ2) is 6.03. The molecule has 0 aliphatic carbocycles. The Balaban J connectivity index is 2.15. The van der Waals surface area contributed by atoms with Crippen molar-refractivity contribution in [1.82, 2.24) is 14.9 Å². The lowest BCUT2D eigenvalue weighted by Crippen LogP contribution is -2.49. The fourth-order valence-electron chi connectivity index (χ4n) is 2.33. The third kappa shape index (κ3) is 2.87. The third-order valence-corrected chi connectivity index (χ3v) is 3.47. The zero-order valence-electron chi connectivity index (χ0n) is 11.8. The number of hydrogen-bond acceptors (Lipinski definition) is 7. The number of nitrogens with zero attached hydrogens (tertiary/aromatic N) is 4. The van der Waals surface area contributed by atoms with Crippen LogP contribution >= 0.6 is 0 Å². The first-order valence-corrected chi connectivity index (χ1v) is 6.52. The van der Waals surface area contributed by atoms with Crippen molar-refractivity contribution >= 4 is 11.6 Å². The molecule has 1 aromatic heterocycles. The Morgan fingerprint density at radius 2 is 1.95 bits per heavy atom. The van der Waals surface area contributed by atoms with Gasteiger partial charge in [-0.1, -0.05) is 0 Å². The van der Waals surface area contributed by atoms with Crippen LogP contribution in [0.2, 0.25) is 0 Å². The molecule has 0 amide bonds. The summed E-state index contributed by atoms with van der Waals surface area (Å²) in [5, 5.41) is 0. The van der Waals surface area contributed by atoms with E-state index in [1.54, 1.807) is 7.11 Å². The van der Waals surface area contributed by atoms with Gasteiger partial charge >= 0.3 is 0 Å². The second-order valence-corrected chi connectivity index (χ2v) is 4.84. The molecule has 1 aromatic rings. The number of nitrogen functional groups attached to an aromatic ring is 1. The fraction of sp³-hybridized carbons (Fsp3) is 0.667. The fourth-order valence-corrected chi connectivity index (χ4v) is 2.33. The van der Waals surface area contributed by atoms with Crippen LogP contribution < -0.4 is 20.9 Å². The predicted octanol–water partition coefficient (Wildman–Crippen LogP) is 0.301. The topological polar surface area (TPSA) is 79.5 Å². The highest BCUT2D eigenvalue weighted by atomic mass is 16.5. The number of nitrogens with two attached hydrogens (primary N) is 1. The summed E-state index contributed by atoms with van der Waals surface area (Å²) < 4.78 is 5.37. The lowest BCUT2D eigenvalue weighted by Gasteiger charge is -2.37. The average Bonchev–Trinajstić information content (AvgIpc) is 2.46. The molecule has 0 atom stereocenters. The van der Waals surface area contributed by atoms with E-state index < -0.39 is 0 Å². The maximum absolute atomic E-state index is 5.44. The van der Waals surface area contributed by atoms with Gasteiger partial charge in [0.05, 0.1) is 7.11 Å². The Morgan fingerprint density at radius 3 is 2.47 bits per heavy atom. The summed E-state index contributed by atoms with van der Waals surface area (Å²) in [6.07, 6.45) is 1.50. The van der Waals surface area contributed by atoms with Crippen molar-refractivity contribution in [2.24, 2.45) is 5.84 Å². The molecule has 0 spiro atoms. The lowest BCUT2D eigenvalue weighted by atomic mass is 10.2. The highest BCUT2D eigenvalue weighted by Crippen LogP contribution is 2.31. The Bertz CT molecular complexity index is 417. The zero-order chi connectivity index (χ0) is 13.8. The highest BCUT2D eigenvalue weighted by Gasteiger charge is 2.23. The van der Waals surface area contributed by atoms with Gasteiger partial charge in [-0.15, -0.1) is 0 Å². The summed E-state index contributed by atoms with van der Waals surface area (Å²) in [4.78, 5) is 13.0. The molecule has 0 aromatic carbocycles. The zero-order valence-corrected chi connectivity index (χ0v) is 11.8. The van der Waals surface area contributed by atoms with Gasteiger partial charge in [0.2, 0.25) is 5.75 Å². The van der Waals surface area contributed by atoms with Crippen LogP contribution in [-0.2, 0) is 0 Å². The molecule has 106 valence electrons. The number of hydrogen-bond donors (Lipinski definition) is 2. The van der Waals surface area contributed by atoms with Gasteiger partial charge in [0, 0.05) is 32.2 Å². The molecule has 7 heteroatoms. The molecule has 19 heavy (non-hydrogen) atoms. The number of hydrazine groups is 1. The van der Waals surface area contributed by atoms with Gasteiger partial charge in [0.1, 0.15) is 6.33 Å². The maximum Gasteiger partial charge on any atom is 0.205 e. The normalized spacial score (nSPS) is 16.8. The number of methoxy groups -OCH3 is 1. The van der Waals surface area contributed by atoms with Gasteiger partial charge in [0.15, 0.2) is 11.6 Å². The lowest BCUT2D eigenvalue weighted by molar-refractivity contribution is 0.208. The van der Waals surface area contributed by atoms with Gasteiger partial charge in [-0.2, -0.15) is 0 Å². The average molecular weight is 266 g/mol. The van der Waals surface area contributed by atoms with Crippen LogP contribution in [0, 0.1) is 0 Å². The minimum absolute atomic E-state index is 0.513. The first-order chi connectivity index (χ1) is 9.17. The number of nitrogens with one attached hydrogen (secondary N) is 1. The van der Waals surface area contributed by atoms with Gasteiger partial charge in [-0.05, 0) is 13.8 Å². The molecule has 2 rings (SSSR count). The molecule has 2 heterocycles. The number of anilines is 2. The number of rotatable bonds is 4. The molecule has 0 bridgehead atoms. The molecule has 0 saturated carbocycles. The summed E-state index contributed by atoms with van der Waals surface area (Å²) in [5.74, 6) is 7.35. The summed E-state index contributed by atoms with van der Waals surface area (Å²) >= 11 is 0. The molecule has 1 aliphatic rings. The van der Waals surface area contributed by atoms with Gasteiger partial charge in [-0.25, -0.2) is 15.8 Å². The van der Waals surface area contributed by atoms with E-state index in [1.807, 2.05) is 0 Å². The predicted molar refractivity (Wildman–Crippen MR) is 75.3 cm³/mol. The second-order valence-electron chi connectivity index (χ2n) is 4.84. The molecule has 1 aliphatic heterocycles. The van der Waals surface area contributed by atoms with Crippen LogP contribution in [0.1, 0.15) is 13.8 Å². The number of aromatic nitrogens is 2. The van der Waals surface area contributed by atoms with Crippen LogP contribution in [0.5, 0.6) is 5.75 Å². The minimum atomic E-state index is 0.513. The molecular formula is C12H22N6O. The molecular weight excluding hydrogens is 244 g/mol. The van der Waals surface area contributed by atoms with Gasteiger partial charge in [-0.3, -0.25) is 4.90 Å². The summed E-state index contributed by atoms with van der Waals surface area (Å²) in [6.45, 7) is 8.34. The molecule has 3 N–H and O–H groups in total. The van der Waals surface area contributed by atoms with Gasteiger partial charge in [0.25, 0.3) is 0 Å². The van der Waals surface area contributed by atoms with Crippen molar-refractivity contribution in [3.63, 3.8) is 0 Å². The smallest absolute Gasteiger partial charge is 0.205 e. The van der Waals surface area contributed by atoms with Gasteiger partial charge < -0.3 is 15.1 Å². The van der Waals surface area contributed by atoms with Crippen LogP contribution in [0.3, 0.4) is 0 Å². The van der Waals surface area contributed by atoms with Crippen molar-refractivity contribution in [3.8, 4) is 5.75 Å². The standard InChI is InChI=1S/C12H22N6O/c1-9(2)17-4-6-18(7-5-17)12-10(19-3)11(16-13)14-8-15-12/h8-9H,4-7,13H2,1-3H3,(H,14,15,16). The van der Waals surface area contributed by atoms with E-state index in [1.165, 1.54) is 6.33 Å². The molecule has 0 radical (unpaired) electrons. The van der Waals surface area contributed by atoms with Crippen LogP contribution in [0.25, 0.3) is 0 Å². The van der Waals surface area contributed by atoms with Crippen molar-refractivity contribution in [3.05, 3.63) is 6.33 Å². The van der Waals surface area contributed by atoms with Crippen molar-refractivity contribution in [1.29, 1.82) is 0 Å². The van der Waals surface area contributed by atoms with Crippen molar-refractivity contribution in [2.45, 2.75) is 19.9 Å². The highest BCUT2D eigenvalue weighted by molar-refractivity contribution is 5.64. The van der Waals surface area contributed by atoms with Crippen LogP contribution in [-0.4, -0.2) is 54.2 Å². The summed E-state index contributed by atoms with van der Waals surface area (Å²) in [6, 6.07) is 0.579. The number of piperazine rings is 1. The quantitative estimate of drug-likeness (QED) is 0.599.